The van der Waals surface area contributed by atoms with Crippen molar-refractivity contribution in [3.63, 3.8) is 0 Å². The Labute approximate surface area is 340 Å². The molecule has 4 aromatic rings. The molecular formula is C44H40N2O12S. The third kappa shape index (κ3) is 13.4. The Morgan fingerprint density at radius 1 is 0.593 bits per heavy atom. The van der Waals surface area contributed by atoms with Gasteiger partial charge in [0.1, 0.15) is 24.1 Å². The predicted octanol–water partition coefficient (Wildman–Crippen LogP) is 7.25. The summed E-state index contributed by atoms with van der Waals surface area (Å²) in [5.41, 5.74) is 1.00. The monoisotopic (exact) mass is 820 g/mol. The lowest BCUT2D eigenvalue weighted by Crippen LogP contribution is -2.12. The number of nitrogens with one attached hydrogen (secondary N) is 2. The van der Waals surface area contributed by atoms with Gasteiger partial charge in [0.25, 0.3) is 0 Å². The fraction of sp³-hybridized carbons (Fsp3) is 0.136. The maximum Gasteiger partial charge on any atom is 0.333 e. The lowest BCUT2D eigenvalue weighted by atomic mass is 10.2. The lowest BCUT2D eigenvalue weighted by molar-refractivity contribution is -0.139. The summed E-state index contributed by atoms with van der Waals surface area (Å²) in [7, 11) is -4.15. The van der Waals surface area contributed by atoms with E-state index in [-0.39, 0.29) is 92.5 Å². The van der Waals surface area contributed by atoms with Crippen LogP contribution in [0.2, 0.25) is 0 Å². The summed E-state index contributed by atoms with van der Waals surface area (Å²) in [6.45, 7) is 9.68. The molecule has 0 radical (unpaired) electrons. The van der Waals surface area contributed by atoms with Crippen LogP contribution in [0.15, 0.2) is 154 Å². The fourth-order valence-electron chi connectivity index (χ4n) is 4.89. The molecule has 2 amide bonds. The van der Waals surface area contributed by atoms with Gasteiger partial charge < -0.3 is 29.6 Å². The number of rotatable bonds is 20. The van der Waals surface area contributed by atoms with E-state index in [0.717, 1.165) is 12.2 Å². The standard InChI is InChI=1S/C44H40N2O12S/c1-29(2)43(51)55-21-19-31(27-47)23-41(49)45-37-15-5-7-17-39(37)57-33-11-9-13-35(25-33)59(53,54)36-14-10-12-34(26-36)58-40-18-8-6-16-38(40)46-42(50)24-32(28-48)20-22-56-44(52)30(3)4/h5-18,23-28H,1,3,19-22H2,2,4H3,(H,45,49)(H,46,50). The van der Waals surface area contributed by atoms with Crippen molar-refractivity contribution >= 4 is 57.5 Å². The Bertz CT molecular complexity index is 2290. The Morgan fingerprint density at radius 3 is 1.36 bits per heavy atom. The van der Waals surface area contributed by atoms with Gasteiger partial charge in [-0.05, 0) is 74.5 Å². The highest BCUT2D eigenvalue weighted by atomic mass is 32.2. The van der Waals surface area contributed by atoms with Gasteiger partial charge in [-0.2, -0.15) is 0 Å². The molecule has 0 heterocycles. The van der Waals surface area contributed by atoms with Gasteiger partial charge >= 0.3 is 11.9 Å². The van der Waals surface area contributed by atoms with E-state index in [1.165, 1.54) is 62.4 Å². The van der Waals surface area contributed by atoms with E-state index in [4.69, 9.17) is 18.9 Å². The molecule has 0 aromatic heterocycles. The van der Waals surface area contributed by atoms with Crippen LogP contribution in [0.1, 0.15) is 26.7 Å². The first kappa shape index (κ1) is 44.3. The molecule has 4 aromatic carbocycles. The van der Waals surface area contributed by atoms with Crippen molar-refractivity contribution in [2.75, 3.05) is 23.8 Å². The molecule has 0 aliphatic rings. The molecule has 304 valence electrons. The van der Waals surface area contributed by atoms with Crippen LogP contribution in [0, 0.1) is 0 Å². The number of ether oxygens (including phenoxy) is 4. The second kappa shape index (κ2) is 21.2. The van der Waals surface area contributed by atoms with Crippen LogP contribution in [0.4, 0.5) is 11.4 Å². The number of esters is 2. The van der Waals surface area contributed by atoms with Crippen LogP contribution in [0.3, 0.4) is 0 Å². The van der Waals surface area contributed by atoms with Crippen molar-refractivity contribution in [2.45, 2.75) is 36.5 Å². The smallest absolute Gasteiger partial charge is 0.333 e. The van der Waals surface area contributed by atoms with E-state index in [9.17, 15) is 37.2 Å². The first-order valence-electron chi connectivity index (χ1n) is 17.8. The second-order valence-corrected chi connectivity index (χ2v) is 14.6. The Balaban J connectivity index is 1.46. The van der Waals surface area contributed by atoms with Gasteiger partial charge in [0.05, 0.1) is 34.4 Å². The minimum Gasteiger partial charge on any atom is -0.462 e. The zero-order chi connectivity index (χ0) is 43.0. The summed E-state index contributed by atoms with van der Waals surface area (Å²) in [5, 5.41) is 5.28. The van der Waals surface area contributed by atoms with Crippen LogP contribution in [0.5, 0.6) is 23.0 Å². The SMILES string of the molecule is C=C(C)C(=O)OCCC(C=O)=CC(=O)Nc1ccccc1Oc1cccc(S(=O)(=O)c2cccc(Oc3ccccc3NC(=O)C=C(C=O)CCOC(=O)C(=C)C)c2)c1. The first-order valence-corrected chi connectivity index (χ1v) is 19.3. The highest BCUT2D eigenvalue weighted by molar-refractivity contribution is 7.91. The van der Waals surface area contributed by atoms with E-state index in [1.54, 1.807) is 48.5 Å². The fourth-order valence-corrected chi connectivity index (χ4v) is 6.22. The molecule has 0 bridgehead atoms. The summed E-state index contributed by atoms with van der Waals surface area (Å²) in [4.78, 5) is 71.7. The largest absolute Gasteiger partial charge is 0.462 e. The maximum atomic E-state index is 13.9. The minimum atomic E-state index is -4.15. The van der Waals surface area contributed by atoms with Crippen molar-refractivity contribution in [3.05, 3.63) is 145 Å². The normalized spacial score (nSPS) is 11.4. The van der Waals surface area contributed by atoms with E-state index in [1.807, 2.05) is 0 Å². The first-order chi connectivity index (χ1) is 28.2. The topological polar surface area (TPSA) is 198 Å². The van der Waals surface area contributed by atoms with E-state index >= 15 is 0 Å². The molecule has 0 fully saturated rings. The quantitative estimate of drug-likeness (QED) is 0.0515. The third-order valence-electron chi connectivity index (χ3n) is 7.86. The molecule has 0 unspecified atom stereocenters. The molecule has 2 N–H and O–H groups in total. The number of sulfone groups is 1. The third-order valence-corrected chi connectivity index (χ3v) is 9.61. The number of amides is 2. The van der Waals surface area contributed by atoms with Gasteiger partial charge in [-0.1, -0.05) is 49.6 Å². The zero-order valence-electron chi connectivity index (χ0n) is 32.1. The Morgan fingerprint density at radius 2 is 0.983 bits per heavy atom. The summed E-state index contributed by atoms with van der Waals surface area (Å²) in [6.07, 6.45) is 3.09. The van der Waals surface area contributed by atoms with Gasteiger partial charge in [0.15, 0.2) is 11.5 Å². The van der Waals surface area contributed by atoms with Crippen LogP contribution in [0.25, 0.3) is 0 Å². The highest BCUT2D eigenvalue weighted by Gasteiger charge is 2.20. The average molecular weight is 821 g/mol. The minimum absolute atomic E-state index is 0.00204. The van der Waals surface area contributed by atoms with E-state index < -0.39 is 33.6 Å². The number of benzene rings is 4. The number of anilines is 2. The maximum absolute atomic E-state index is 13.9. The number of aldehydes is 2. The van der Waals surface area contributed by atoms with Crippen molar-refractivity contribution in [1.82, 2.24) is 0 Å². The number of para-hydroxylation sites is 4. The predicted molar refractivity (Wildman–Crippen MR) is 218 cm³/mol. The number of carbonyl (C=O) groups excluding carboxylic acids is 6. The molecule has 0 aliphatic carbocycles. The van der Waals surface area contributed by atoms with Gasteiger partial charge in [0.2, 0.25) is 21.7 Å². The second-order valence-electron chi connectivity index (χ2n) is 12.6. The van der Waals surface area contributed by atoms with Crippen LogP contribution < -0.4 is 20.1 Å². The van der Waals surface area contributed by atoms with Crippen LogP contribution >= 0.6 is 0 Å². The summed E-state index contributed by atoms with van der Waals surface area (Å²) in [6, 6.07) is 24.2. The summed E-state index contributed by atoms with van der Waals surface area (Å²) >= 11 is 0. The number of hydrogen-bond donors (Lipinski definition) is 2. The average Bonchev–Trinajstić information content (AvgIpc) is 3.21. The van der Waals surface area contributed by atoms with Crippen molar-refractivity contribution < 1.29 is 56.1 Å². The van der Waals surface area contributed by atoms with E-state index in [0.29, 0.717) is 12.6 Å². The van der Waals surface area contributed by atoms with Crippen LogP contribution in [-0.4, -0.2) is 58.0 Å². The van der Waals surface area contributed by atoms with Crippen molar-refractivity contribution in [1.29, 1.82) is 0 Å². The molecule has 4 rings (SSSR count). The van der Waals surface area contributed by atoms with Gasteiger partial charge in [-0.15, -0.1) is 0 Å². The van der Waals surface area contributed by atoms with Crippen LogP contribution in [-0.2, 0) is 48.1 Å². The summed E-state index contributed by atoms with van der Waals surface area (Å²) < 4.78 is 49.7. The molecule has 0 saturated carbocycles. The van der Waals surface area contributed by atoms with Gasteiger partial charge in [-0.25, -0.2) is 18.0 Å². The molecule has 0 atom stereocenters. The molecular weight excluding hydrogens is 781 g/mol. The molecule has 14 nitrogen and oxygen atoms in total. The number of carbonyl (C=O) groups is 6. The molecule has 15 heteroatoms. The lowest BCUT2D eigenvalue weighted by Gasteiger charge is -2.14. The Kier molecular flexibility index (Phi) is 15.9. The van der Waals surface area contributed by atoms with E-state index in [2.05, 4.69) is 23.8 Å². The van der Waals surface area contributed by atoms with Crippen molar-refractivity contribution in [3.8, 4) is 23.0 Å². The van der Waals surface area contributed by atoms with Gasteiger partial charge in [0, 0.05) is 47.3 Å². The Hall–Kier alpha value is -7.39. The zero-order valence-corrected chi connectivity index (χ0v) is 32.9. The van der Waals surface area contributed by atoms with Gasteiger partial charge in [-0.3, -0.25) is 19.2 Å². The summed E-state index contributed by atoms with van der Waals surface area (Å²) in [5.74, 6) is -1.93. The molecule has 0 spiro atoms. The molecule has 59 heavy (non-hydrogen) atoms. The molecule has 0 aliphatic heterocycles. The number of hydrogen-bond acceptors (Lipinski definition) is 12. The highest BCUT2D eigenvalue weighted by Crippen LogP contribution is 2.34. The van der Waals surface area contributed by atoms with Crippen molar-refractivity contribution in [2.24, 2.45) is 0 Å². The molecule has 0 saturated heterocycles.